The Balaban J connectivity index is 1.25. The van der Waals surface area contributed by atoms with E-state index in [4.69, 9.17) is 4.74 Å². The van der Waals surface area contributed by atoms with Crippen molar-refractivity contribution in [3.05, 3.63) is 58.9 Å². The van der Waals surface area contributed by atoms with E-state index in [1.807, 2.05) is 30.3 Å². The third-order valence-corrected chi connectivity index (χ3v) is 7.35. The molecular weight excluding hydrogens is 483 g/mol. The van der Waals surface area contributed by atoms with Crippen LogP contribution in [0.25, 0.3) is 10.6 Å². The van der Waals surface area contributed by atoms with Gasteiger partial charge in [-0.1, -0.05) is 42.3 Å². The van der Waals surface area contributed by atoms with Gasteiger partial charge < -0.3 is 10.1 Å². The van der Waals surface area contributed by atoms with Gasteiger partial charge >= 0.3 is 6.18 Å². The number of nitrogens with zero attached hydrogens (tertiary/aromatic N) is 4. The first kappa shape index (κ1) is 24.9. The fourth-order valence-electron chi connectivity index (χ4n) is 3.62. The molecule has 11 heteroatoms. The zero-order chi connectivity index (χ0) is 24.0. The van der Waals surface area contributed by atoms with E-state index in [-0.39, 0.29) is 17.7 Å². The number of halogens is 3. The molecule has 0 unspecified atom stereocenters. The molecule has 182 valence electrons. The minimum absolute atomic E-state index is 0.110. The van der Waals surface area contributed by atoms with E-state index in [0.29, 0.717) is 23.1 Å². The quantitative estimate of drug-likeness (QED) is 0.295. The number of benzene rings is 1. The van der Waals surface area contributed by atoms with Gasteiger partial charge in [0, 0.05) is 37.3 Å². The van der Waals surface area contributed by atoms with E-state index in [2.05, 4.69) is 24.6 Å². The average molecular weight is 510 g/mol. The molecule has 1 saturated heterocycles. The van der Waals surface area contributed by atoms with E-state index in [0.717, 1.165) is 37.9 Å². The predicted molar refractivity (Wildman–Crippen MR) is 130 cm³/mol. The number of rotatable bonds is 9. The summed E-state index contributed by atoms with van der Waals surface area (Å²) in [6, 6.07) is 10.2. The van der Waals surface area contributed by atoms with Gasteiger partial charge in [-0.25, -0.2) is 15.0 Å². The van der Waals surface area contributed by atoms with Crippen molar-refractivity contribution in [2.24, 2.45) is 0 Å². The lowest BCUT2D eigenvalue weighted by molar-refractivity contribution is -0.137. The maximum absolute atomic E-state index is 13.5. The lowest BCUT2D eigenvalue weighted by Crippen LogP contribution is -2.36. The Labute approximate surface area is 205 Å². The molecule has 3 heterocycles. The van der Waals surface area contributed by atoms with Crippen LogP contribution in [-0.2, 0) is 17.5 Å². The Morgan fingerprint density at radius 2 is 1.91 bits per heavy atom. The first-order valence-corrected chi connectivity index (χ1v) is 12.8. The van der Waals surface area contributed by atoms with Gasteiger partial charge in [0.15, 0.2) is 0 Å². The summed E-state index contributed by atoms with van der Waals surface area (Å²) in [5.41, 5.74) is 0.194. The molecule has 0 atom stereocenters. The number of aryl methyl sites for hydroxylation is 1. The lowest BCUT2D eigenvalue weighted by atomic mass is 10.1. The van der Waals surface area contributed by atoms with Crippen molar-refractivity contribution >= 4 is 29.2 Å². The number of alkyl halides is 3. The SMILES string of the molecule is Cc1ncc(-c2nc(NC3CCN(SCCOCc4ccccc4)CC3)ncc2C(F)(F)F)s1. The number of anilines is 1. The van der Waals surface area contributed by atoms with Gasteiger partial charge in [-0.2, -0.15) is 13.2 Å². The monoisotopic (exact) mass is 509 g/mol. The first-order chi connectivity index (χ1) is 16.4. The molecule has 1 fully saturated rings. The van der Waals surface area contributed by atoms with Crippen molar-refractivity contribution in [1.29, 1.82) is 0 Å². The third kappa shape index (κ3) is 6.91. The van der Waals surface area contributed by atoms with Gasteiger partial charge in [0.2, 0.25) is 5.95 Å². The zero-order valence-electron chi connectivity index (χ0n) is 18.7. The number of hydrogen-bond acceptors (Lipinski definition) is 8. The molecular formula is C23H26F3N5OS2. The van der Waals surface area contributed by atoms with Crippen LogP contribution in [-0.4, -0.2) is 50.7 Å². The van der Waals surface area contributed by atoms with Crippen LogP contribution in [0, 0.1) is 6.92 Å². The Hall–Kier alpha value is -2.21. The van der Waals surface area contributed by atoms with Gasteiger partial charge in [-0.15, -0.1) is 11.3 Å². The maximum Gasteiger partial charge on any atom is 0.420 e. The molecule has 1 N–H and O–H groups in total. The van der Waals surface area contributed by atoms with Crippen LogP contribution in [0.1, 0.15) is 29.0 Å². The van der Waals surface area contributed by atoms with Crippen molar-refractivity contribution in [3.8, 4) is 10.6 Å². The second kappa shape index (κ2) is 11.5. The summed E-state index contributed by atoms with van der Waals surface area (Å²) in [5.74, 6) is 1.10. The van der Waals surface area contributed by atoms with E-state index in [9.17, 15) is 13.2 Å². The highest BCUT2D eigenvalue weighted by atomic mass is 32.2. The highest BCUT2D eigenvalue weighted by Gasteiger charge is 2.36. The molecule has 0 saturated carbocycles. The maximum atomic E-state index is 13.5. The smallest absolute Gasteiger partial charge is 0.376 e. The van der Waals surface area contributed by atoms with Crippen LogP contribution in [0.5, 0.6) is 0 Å². The van der Waals surface area contributed by atoms with E-state index in [1.165, 1.54) is 23.1 Å². The Morgan fingerprint density at radius 3 is 2.59 bits per heavy atom. The van der Waals surface area contributed by atoms with E-state index in [1.54, 1.807) is 18.9 Å². The second-order valence-corrected chi connectivity index (χ2v) is 10.3. The number of hydrogen-bond donors (Lipinski definition) is 1. The average Bonchev–Trinajstić information content (AvgIpc) is 3.26. The Morgan fingerprint density at radius 1 is 1.15 bits per heavy atom. The molecule has 0 bridgehead atoms. The largest absolute Gasteiger partial charge is 0.420 e. The van der Waals surface area contributed by atoms with Crippen molar-refractivity contribution < 1.29 is 17.9 Å². The van der Waals surface area contributed by atoms with Crippen LogP contribution >= 0.6 is 23.3 Å². The molecule has 0 radical (unpaired) electrons. The van der Waals surface area contributed by atoms with E-state index < -0.39 is 11.7 Å². The van der Waals surface area contributed by atoms with Gasteiger partial charge in [-0.3, -0.25) is 4.31 Å². The summed E-state index contributed by atoms with van der Waals surface area (Å²) in [4.78, 5) is 12.6. The number of ether oxygens (including phenoxy) is 1. The van der Waals surface area contributed by atoms with Gasteiger partial charge in [0.1, 0.15) is 5.56 Å². The lowest BCUT2D eigenvalue weighted by Gasteiger charge is -2.31. The predicted octanol–water partition coefficient (Wildman–Crippen LogP) is 5.67. The normalized spacial score (nSPS) is 15.5. The zero-order valence-corrected chi connectivity index (χ0v) is 20.3. The molecule has 2 aromatic heterocycles. The number of thiazole rings is 1. The van der Waals surface area contributed by atoms with Gasteiger partial charge in [-0.05, 0) is 25.3 Å². The fourth-order valence-corrected chi connectivity index (χ4v) is 5.32. The summed E-state index contributed by atoms with van der Waals surface area (Å²) in [6.45, 7) is 4.80. The number of aromatic nitrogens is 3. The van der Waals surface area contributed by atoms with Crippen LogP contribution in [0.3, 0.4) is 0 Å². The van der Waals surface area contributed by atoms with Crippen LogP contribution in [0.15, 0.2) is 42.7 Å². The highest BCUT2D eigenvalue weighted by Crippen LogP contribution is 2.38. The molecule has 3 aromatic rings. The summed E-state index contributed by atoms with van der Waals surface area (Å²) < 4.78 is 48.5. The molecule has 34 heavy (non-hydrogen) atoms. The topological polar surface area (TPSA) is 63.2 Å². The standard InChI is InChI=1S/C23H26F3N5OS2/c1-16-27-14-20(34-16)21-19(23(24,25)26)13-28-22(30-21)29-18-7-9-31(10-8-18)33-12-11-32-15-17-5-3-2-4-6-17/h2-6,13-14,18H,7-12,15H2,1H3,(H,28,29,30). The Bertz CT molecular complexity index is 1060. The minimum Gasteiger partial charge on any atom is -0.376 e. The van der Waals surface area contributed by atoms with Crippen molar-refractivity contribution in [3.63, 3.8) is 0 Å². The van der Waals surface area contributed by atoms with E-state index >= 15 is 0 Å². The highest BCUT2D eigenvalue weighted by molar-refractivity contribution is 7.97. The molecule has 0 amide bonds. The molecule has 1 aromatic carbocycles. The van der Waals surface area contributed by atoms with Gasteiger partial charge in [0.05, 0.1) is 28.8 Å². The van der Waals surface area contributed by atoms with Crippen LogP contribution < -0.4 is 5.32 Å². The molecule has 1 aliphatic rings. The van der Waals surface area contributed by atoms with Crippen LogP contribution in [0.2, 0.25) is 0 Å². The van der Waals surface area contributed by atoms with Gasteiger partial charge in [0.25, 0.3) is 0 Å². The second-order valence-electron chi connectivity index (χ2n) is 7.92. The molecule has 4 rings (SSSR count). The third-order valence-electron chi connectivity index (χ3n) is 5.35. The Kier molecular flexibility index (Phi) is 8.41. The molecule has 6 nitrogen and oxygen atoms in total. The fraction of sp³-hybridized carbons (Fsp3) is 0.435. The van der Waals surface area contributed by atoms with Crippen LogP contribution in [0.4, 0.5) is 19.1 Å². The first-order valence-electron chi connectivity index (χ1n) is 11.0. The van der Waals surface area contributed by atoms with Crippen molar-refractivity contribution in [2.75, 3.05) is 30.8 Å². The van der Waals surface area contributed by atoms with Crippen molar-refractivity contribution in [2.45, 2.75) is 38.6 Å². The molecule has 0 spiro atoms. The molecule has 1 aliphatic heterocycles. The summed E-state index contributed by atoms with van der Waals surface area (Å²) in [7, 11) is 0. The molecule has 0 aliphatic carbocycles. The number of nitrogens with one attached hydrogen (secondary N) is 1. The summed E-state index contributed by atoms with van der Waals surface area (Å²) in [5, 5.41) is 3.91. The minimum atomic E-state index is -4.53. The number of piperidine rings is 1. The summed E-state index contributed by atoms with van der Waals surface area (Å²) in [6.07, 6.45) is -0.519. The summed E-state index contributed by atoms with van der Waals surface area (Å²) >= 11 is 2.95. The van der Waals surface area contributed by atoms with Crippen molar-refractivity contribution in [1.82, 2.24) is 19.3 Å².